The molecule has 2 atom stereocenters. The quantitative estimate of drug-likeness (QED) is 0.520. The van der Waals surface area contributed by atoms with Gasteiger partial charge in [0.05, 0.1) is 7.11 Å². The monoisotopic (exact) mass is 389 g/mol. The summed E-state index contributed by atoms with van der Waals surface area (Å²) in [6.45, 7) is 0. The van der Waals surface area contributed by atoms with Crippen molar-refractivity contribution in [1.82, 2.24) is 5.32 Å². The summed E-state index contributed by atoms with van der Waals surface area (Å²) in [5.41, 5.74) is 0.896. The van der Waals surface area contributed by atoms with Gasteiger partial charge in [-0.15, -0.1) is 11.8 Å². The van der Waals surface area contributed by atoms with E-state index in [1.807, 2.05) is 66.9 Å². The maximum Gasteiger partial charge on any atom is 0.328 e. The average Bonchev–Trinajstić information content (AvgIpc) is 2.70. The first kappa shape index (κ1) is 20.4. The van der Waals surface area contributed by atoms with Crippen molar-refractivity contribution >= 4 is 35.4 Å². The molecule has 0 aliphatic heterocycles. The van der Waals surface area contributed by atoms with Gasteiger partial charge in [0.2, 0.25) is 5.91 Å². The largest absolute Gasteiger partial charge is 0.467 e. The molecule has 2 aromatic carbocycles. The smallest absolute Gasteiger partial charge is 0.328 e. The fraction of sp³-hybridized carbons (Fsp3) is 0.300. The summed E-state index contributed by atoms with van der Waals surface area (Å²) < 4.78 is 4.84. The molecule has 0 aromatic heterocycles. The van der Waals surface area contributed by atoms with E-state index in [0.717, 1.165) is 16.2 Å². The third-order valence-corrected chi connectivity index (χ3v) is 5.66. The number of carbonyl (C=O) groups excluding carboxylic acids is 2. The lowest BCUT2D eigenvalue weighted by Crippen LogP contribution is -2.43. The average molecular weight is 390 g/mol. The molecule has 0 saturated carbocycles. The molecule has 2 rings (SSSR count). The molecule has 6 heteroatoms. The number of hydrogen-bond acceptors (Lipinski definition) is 5. The summed E-state index contributed by atoms with van der Waals surface area (Å²) in [5.74, 6) is 0.160. The van der Waals surface area contributed by atoms with Gasteiger partial charge in [0.25, 0.3) is 0 Å². The van der Waals surface area contributed by atoms with Crippen LogP contribution in [0.3, 0.4) is 0 Å². The molecule has 1 N–H and O–H groups in total. The Bertz CT molecular complexity index is 695. The maximum atomic E-state index is 13.0. The number of hydrogen-bond donors (Lipinski definition) is 1. The van der Waals surface area contributed by atoms with Crippen LogP contribution in [-0.4, -0.2) is 37.0 Å². The van der Waals surface area contributed by atoms with Gasteiger partial charge in [0.1, 0.15) is 11.3 Å². The number of methoxy groups -OCH3 is 1. The van der Waals surface area contributed by atoms with Crippen LogP contribution in [0.4, 0.5) is 0 Å². The second-order valence-electron chi connectivity index (χ2n) is 5.59. The molecule has 26 heavy (non-hydrogen) atoms. The van der Waals surface area contributed by atoms with Gasteiger partial charge in [-0.1, -0.05) is 48.5 Å². The molecule has 0 unspecified atom stereocenters. The van der Waals surface area contributed by atoms with E-state index in [2.05, 4.69) is 5.32 Å². The standard InChI is InChI=1S/C20H23NO3S2/c1-24-20(23)17(13-14-25-2)21-19(22)18(15-9-5-3-6-10-15)26-16-11-7-4-8-12-16/h3-12,17-18H,13-14H2,1-2H3,(H,21,22)/t17-,18-/m0/s1. The van der Waals surface area contributed by atoms with Crippen LogP contribution in [0.25, 0.3) is 0 Å². The number of ether oxygens (including phenoxy) is 1. The van der Waals surface area contributed by atoms with Crippen LogP contribution in [0.2, 0.25) is 0 Å². The summed E-state index contributed by atoms with van der Waals surface area (Å²) in [7, 11) is 1.34. The number of nitrogens with one attached hydrogen (secondary N) is 1. The van der Waals surface area contributed by atoms with Crippen molar-refractivity contribution in [1.29, 1.82) is 0 Å². The van der Waals surface area contributed by atoms with Gasteiger partial charge in [0.15, 0.2) is 0 Å². The zero-order valence-electron chi connectivity index (χ0n) is 14.9. The van der Waals surface area contributed by atoms with Crippen molar-refractivity contribution in [2.75, 3.05) is 19.1 Å². The lowest BCUT2D eigenvalue weighted by atomic mass is 10.1. The molecule has 1 amide bonds. The van der Waals surface area contributed by atoms with Gasteiger partial charge in [-0.2, -0.15) is 11.8 Å². The normalized spacial score (nSPS) is 12.8. The third kappa shape index (κ3) is 6.11. The number of esters is 1. The van der Waals surface area contributed by atoms with Crippen LogP contribution in [0.5, 0.6) is 0 Å². The van der Waals surface area contributed by atoms with Crippen LogP contribution >= 0.6 is 23.5 Å². The van der Waals surface area contributed by atoms with E-state index in [0.29, 0.717) is 6.42 Å². The first-order valence-electron chi connectivity index (χ1n) is 8.29. The molecule has 0 aliphatic carbocycles. The minimum Gasteiger partial charge on any atom is -0.467 e. The Balaban J connectivity index is 2.20. The van der Waals surface area contributed by atoms with Crippen molar-refractivity contribution in [3.8, 4) is 0 Å². The Hall–Kier alpha value is -1.92. The van der Waals surface area contributed by atoms with E-state index in [4.69, 9.17) is 4.74 Å². The van der Waals surface area contributed by atoms with E-state index >= 15 is 0 Å². The Morgan fingerprint density at radius 3 is 2.23 bits per heavy atom. The Labute approximate surface area is 163 Å². The highest BCUT2D eigenvalue weighted by Crippen LogP contribution is 2.35. The van der Waals surface area contributed by atoms with Crippen molar-refractivity contribution < 1.29 is 14.3 Å². The first-order chi connectivity index (χ1) is 12.7. The molecule has 0 bridgehead atoms. The zero-order chi connectivity index (χ0) is 18.8. The molecule has 0 saturated heterocycles. The Morgan fingerprint density at radius 2 is 1.65 bits per heavy atom. The van der Waals surface area contributed by atoms with Crippen LogP contribution in [0.15, 0.2) is 65.6 Å². The van der Waals surface area contributed by atoms with Crippen molar-refractivity contribution in [3.05, 3.63) is 66.2 Å². The third-order valence-electron chi connectivity index (χ3n) is 3.75. The van der Waals surface area contributed by atoms with E-state index in [9.17, 15) is 9.59 Å². The molecule has 4 nitrogen and oxygen atoms in total. The Kier molecular flexibility index (Phi) is 8.58. The van der Waals surface area contributed by atoms with Crippen LogP contribution in [0.1, 0.15) is 17.2 Å². The lowest BCUT2D eigenvalue weighted by molar-refractivity contribution is -0.145. The SMILES string of the molecule is COC(=O)[C@H](CCSC)NC(=O)[C@@H](Sc1ccccc1)c1ccccc1. The number of thioether (sulfide) groups is 2. The van der Waals surface area contributed by atoms with Gasteiger partial charge in [-0.25, -0.2) is 4.79 Å². The summed E-state index contributed by atoms with van der Waals surface area (Å²) in [6.07, 6.45) is 2.51. The van der Waals surface area contributed by atoms with Gasteiger partial charge >= 0.3 is 5.97 Å². The number of benzene rings is 2. The maximum absolute atomic E-state index is 13.0. The molecule has 0 radical (unpaired) electrons. The molecule has 0 fully saturated rings. The molecule has 0 spiro atoms. The van der Waals surface area contributed by atoms with Gasteiger partial charge in [-0.05, 0) is 36.1 Å². The van der Waals surface area contributed by atoms with Crippen molar-refractivity contribution in [3.63, 3.8) is 0 Å². The summed E-state index contributed by atoms with van der Waals surface area (Å²) in [5, 5.41) is 2.43. The summed E-state index contributed by atoms with van der Waals surface area (Å²) >= 11 is 3.09. The van der Waals surface area contributed by atoms with Crippen molar-refractivity contribution in [2.24, 2.45) is 0 Å². The minimum absolute atomic E-state index is 0.193. The molecular formula is C20H23NO3S2. The molecular weight excluding hydrogens is 366 g/mol. The van der Waals surface area contributed by atoms with Crippen molar-refractivity contribution in [2.45, 2.75) is 22.6 Å². The molecule has 0 heterocycles. The minimum atomic E-state index is -0.637. The van der Waals surface area contributed by atoms with Gasteiger partial charge in [-0.3, -0.25) is 4.79 Å². The second-order valence-corrected chi connectivity index (χ2v) is 7.75. The fourth-order valence-corrected chi connectivity index (χ4v) is 3.94. The number of carbonyl (C=O) groups is 2. The number of rotatable bonds is 9. The Morgan fingerprint density at radius 1 is 1.04 bits per heavy atom. The number of amides is 1. The molecule has 138 valence electrons. The summed E-state index contributed by atoms with van der Waals surface area (Å²) in [6, 6.07) is 18.7. The topological polar surface area (TPSA) is 55.4 Å². The van der Waals surface area contributed by atoms with Gasteiger partial charge < -0.3 is 10.1 Å². The van der Waals surface area contributed by atoms with Crippen LogP contribution in [0, 0.1) is 0 Å². The summed E-state index contributed by atoms with van der Waals surface area (Å²) in [4.78, 5) is 26.0. The second kappa shape index (κ2) is 10.9. The van der Waals surface area contributed by atoms with E-state index < -0.39 is 17.3 Å². The van der Waals surface area contributed by atoms with Gasteiger partial charge in [0, 0.05) is 4.90 Å². The predicted octanol–water partition coefficient (Wildman–Crippen LogP) is 3.93. The lowest BCUT2D eigenvalue weighted by Gasteiger charge is -2.21. The molecule has 2 aromatic rings. The predicted molar refractivity (Wildman–Crippen MR) is 108 cm³/mol. The highest BCUT2D eigenvalue weighted by atomic mass is 32.2. The highest BCUT2D eigenvalue weighted by molar-refractivity contribution is 8.00. The van der Waals surface area contributed by atoms with Crippen LogP contribution in [-0.2, 0) is 14.3 Å². The van der Waals surface area contributed by atoms with E-state index in [1.165, 1.54) is 18.9 Å². The van der Waals surface area contributed by atoms with E-state index in [-0.39, 0.29) is 5.91 Å². The highest BCUT2D eigenvalue weighted by Gasteiger charge is 2.27. The molecule has 0 aliphatic rings. The van der Waals surface area contributed by atoms with Crippen LogP contribution < -0.4 is 5.32 Å². The fourth-order valence-electron chi connectivity index (χ4n) is 2.41. The van der Waals surface area contributed by atoms with E-state index in [1.54, 1.807) is 11.8 Å². The first-order valence-corrected chi connectivity index (χ1v) is 10.6. The zero-order valence-corrected chi connectivity index (χ0v) is 16.5.